The summed E-state index contributed by atoms with van der Waals surface area (Å²) in [5, 5.41) is 0. The van der Waals surface area contributed by atoms with E-state index in [1.807, 2.05) is 0 Å². The molecular weight excluding hydrogens is 428 g/mol. The van der Waals surface area contributed by atoms with E-state index in [2.05, 4.69) is 4.98 Å². The molecule has 0 saturated carbocycles. The molecule has 0 unspecified atom stereocenters. The van der Waals surface area contributed by atoms with E-state index >= 15 is 0 Å². The zero-order chi connectivity index (χ0) is 22.9. The second-order valence-electron chi connectivity index (χ2n) is 6.74. The predicted octanol–water partition coefficient (Wildman–Crippen LogP) is 1.38. The van der Waals surface area contributed by atoms with Crippen LogP contribution in [0.3, 0.4) is 0 Å². The van der Waals surface area contributed by atoms with Gasteiger partial charge in [0, 0.05) is 11.3 Å². The van der Waals surface area contributed by atoms with Crippen LogP contribution in [0.25, 0.3) is 0 Å². The first kappa shape index (κ1) is 22.2. The van der Waals surface area contributed by atoms with Gasteiger partial charge in [-0.3, -0.25) is 14.4 Å². The molecular formula is C20H20N2O8S. The van der Waals surface area contributed by atoms with Crippen LogP contribution in [0.15, 0.2) is 29.2 Å². The van der Waals surface area contributed by atoms with Crippen LogP contribution < -0.4 is 0 Å². The number of ketones is 1. The molecule has 2 heterocycles. The Hall–Kier alpha value is -3.47. The number of esters is 2. The van der Waals surface area contributed by atoms with Crippen molar-refractivity contribution >= 4 is 33.7 Å². The van der Waals surface area contributed by atoms with E-state index in [-0.39, 0.29) is 28.3 Å². The van der Waals surface area contributed by atoms with Gasteiger partial charge >= 0.3 is 11.9 Å². The Morgan fingerprint density at radius 3 is 2.42 bits per heavy atom. The molecule has 164 valence electrons. The number of aryl methyl sites for hydroxylation is 1. The van der Waals surface area contributed by atoms with Gasteiger partial charge in [0.05, 0.1) is 12.2 Å². The van der Waals surface area contributed by atoms with Gasteiger partial charge in [0.25, 0.3) is 15.9 Å². The molecule has 1 aromatic carbocycles. The molecule has 0 spiro atoms. The maximum Gasteiger partial charge on any atom is 0.355 e. The number of aromatic amines is 1. The first-order valence-corrected chi connectivity index (χ1v) is 10.7. The van der Waals surface area contributed by atoms with Crippen LogP contribution in [0.5, 0.6) is 0 Å². The van der Waals surface area contributed by atoms with Crippen molar-refractivity contribution in [1.82, 2.24) is 9.29 Å². The lowest BCUT2D eigenvalue weighted by molar-refractivity contribution is -0.142. The third-order valence-corrected chi connectivity index (χ3v) is 6.53. The maximum atomic E-state index is 12.5. The lowest BCUT2D eigenvalue weighted by Crippen LogP contribution is -2.36. The largest absolute Gasteiger partial charge is 0.461 e. The van der Waals surface area contributed by atoms with Crippen LogP contribution in [0.4, 0.5) is 0 Å². The lowest BCUT2D eigenvalue weighted by atomic mass is 10.1. The fourth-order valence-electron chi connectivity index (χ4n) is 3.34. The maximum absolute atomic E-state index is 12.5. The molecule has 3 rings (SSSR count). The smallest absolute Gasteiger partial charge is 0.355 e. The monoisotopic (exact) mass is 448 g/mol. The van der Waals surface area contributed by atoms with Crippen molar-refractivity contribution in [3.8, 4) is 0 Å². The Balaban J connectivity index is 1.68. The van der Waals surface area contributed by atoms with Gasteiger partial charge in [-0.2, -0.15) is 0 Å². The van der Waals surface area contributed by atoms with Gasteiger partial charge in [0.2, 0.25) is 5.78 Å². The number of nitrogens with one attached hydrogen (secondary N) is 1. The van der Waals surface area contributed by atoms with Crippen LogP contribution >= 0.6 is 0 Å². The Morgan fingerprint density at radius 2 is 1.77 bits per heavy atom. The number of hydrogen-bond donors (Lipinski definition) is 1. The van der Waals surface area contributed by atoms with Crippen molar-refractivity contribution in [3.05, 3.63) is 52.3 Å². The Morgan fingerprint density at radius 1 is 1.10 bits per heavy atom. The van der Waals surface area contributed by atoms with Gasteiger partial charge in [-0.15, -0.1) is 0 Å². The second kappa shape index (κ2) is 8.34. The number of fused-ring (bicyclic) bond motifs is 1. The number of benzene rings is 1. The third kappa shape index (κ3) is 3.96. The molecule has 11 heteroatoms. The highest BCUT2D eigenvalue weighted by molar-refractivity contribution is 7.90. The summed E-state index contributed by atoms with van der Waals surface area (Å²) in [7, 11) is -4.16. The minimum absolute atomic E-state index is 0.0311. The molecule has 0 atom stereocenters. The van der Waals surface area contributed by atoms with E-state index < -0.39 is 46.8 Å². The first-order chi connectivity index (χ1) is 14.6. The van der Waals surface area contributed by atoms with E-state index in [1.165, 1.54) is 24.3 Å². The SMILES string of the molecule is CCOC(=O)c1[nH]c(C)c(C(=O)COC(=O)CN2C(=O)c3ccccc3S2(=O)=O)c1C. The molecule has 0 bridgehead atoms. The number of ether oxygens (including phenoxy) is 2. The van der Waals surface area contributed by atoms with Crippen LogP contribution in [0.1, 0.15) is 49.4 Å². The molecule has 0 aliphatic carbocycles. The average Bonchev–Trinajstić information content (AvgIpc) is 3.12. The van der Waals surface area contributed by atoms with Crippen LogP contribution in [-0.2, 0) is 24.3 Å². The number of nitrogens with zero attached hydrogens (tertiary/aromatic N) is 1. The van der Waals surface area contributed by atoms with Gasteiger partial charge in [-0.25, -0.2) is 17.5 Å². The Labute approximate surface area is 178 Å². The molecule has 1 N–H and O–H groups in total. The molecule has 1 aliphatic heterocycles. The number of rotatable bonds is 7. The fraction of sp³-hybridized carbons (Fsp3) is 0.300. The molecule has 1 aliphatic rings. The van der Waals surface area contributed by atoms with E-state index in [0.29, 0.717) is 15.6 Å². The summed E-state index contributed by atoms with van der Waals surface area (Å²) >= 11 is 0. The number of H-pyrrole nitrogens is 1. The second-order valence-corrected chi connectivity index (χ2v) is 8.57. The number of carbonyl (C=O) groups excluding carboxylic acids is 4. The summed E-state index contributed by atoms with van der Waals surface area (Å²) in [4.78, 5) is 51.6. The molecule has 2 aromatic rings. The van der Waals surface area contributed by atoms with Gasteiger partial charge in [-0.1, -0.05) is 12.1 Å². The molecule has 1 aromatic heterocycles. The van der Waals surface area contributed by atoms with Crippen LogP contribution in [-0.4, -0.2) is 61.1 Å². The lowest BCUT2D eigenvalue weighted by Gasteiger charge is -2.14. The zero-order valence-corrected chi connectivity index (χ0v) is 17.9. The summed E-state index contributed by atoms with van der Waals surface area (Å²) in [6.45, 7) is 3.41. The quantitative estimate of drug-likeness (QED) is 0.495. The van der Waals surface area contributed by atoms with Gasteiger partial charge < -0.3 is 14.5 Å². The summed E-state index contributed by atoms with van der Waals surface area (Å²) < 4.78 is 35.2. The number of sulfonamides is 1. The van der Waals surface area contributed by atoms with E-state index in [0.717, 1.165) is 0 Å². The highest BCUT2D eigenvalue weighted by atomic mass is 32.2. The third-order valence-electron chi connectivity index (χ3n) is 4.74. The van der Waals surface area contributed by atoms with Crippen molar-refractivity contribution in [2.45, 2.75) is 25.7 Å². The molecule has 31 heavy (non-hydrogen) atoms. The number of aromatic nitrogens is 1. The normalized spacial score (nSPS) is 14.3. The van der Waals surface area contributed by atoms with Crippen molar-refractivity contribution in [2.75, 3.05) is 19.8 Å². The molecule has 0 fully saturated rings. The van der Waals surface area contributed by atoms with Gasteiger partial charge in [0.1, 0.15) is 17.1 Å². The van der Waals surface area contributed by atoms with E-state index in [9.17, 15) is 27.6 Å². The summed E-state index contributed by atoms with van der Waals surface area (Å²) in [6.07, 6.45) is 0. The molecule has 0 saturated heterocycles. The van der Waals surface area contributed by atoms with Crippen LogP contribution in [0, 0.1) is 13.8 Å². The molecule has 1 amide bonds. The highest BCUT2D eigenvalue weighted by Gasteiger charge is 2.42. The first-order valence-electron chi connectivity index (χ1n) is 9.30. The van der Waals surface area contributed by atoms with E-state index in [1.54, 1.807) is 20.8 Å². The van der Waals surface area contributed by atoms with E-state index in [4.69, 9.17) is 9.47 Å². The summed E-state index contributed by atoms with van der Waals surface area (Å²) in [6, 6.07) is 5.60. The zero-order valence-electron chi connectivity index (χ0n) is 17.1. The molecule has 10 nitrogen and oxygen atoms in total. The number of amides is 1. The number of carbonyl (C=O) groups is 4. The van der Waals surface area contributed by atoms with Crippen molar-refractivity contribution < 1.29 is 37.1 Å². The van der Waals surface area contributed by atoms with Crippen molar-refractivity contribution in [2.24, 2.45) is 0 Å². The fourth-order valence-corrected chi connectivity index (χ4v) is 4.86. The van der Waals surface area contributed by atoms with Crippen molar-refractivity contribution in [1.29, 1.82) is 0 Å². The average molecular weight is 448 g/mol. The predicted molar refractivity (Wildman–Crippen MR) is 106 cm³/mol. The minimum Gasteiger partial charge on any atom is -0.461 e. The van der Waals surface area contributed by atoms with Crippen LogP contribution in [0.2, 0.25) is 0 Å². The van der Waals surface area contributed by atoms with Gasteiger partial charge in [0.15, 0.2) is 6.61 Å². The van der Waals surface area contributed by atoms with Gasteiger partial charge in [-0.05, 0) is 38.5 Å². The minimum atomic E-state index is -4.16. The highest BCUT2D eigenvalue weighted by Crippen LogP contribution is 2.29. The summed E-state index contributed by atoms with van der Waals surface area (Å²) in [5.41, 5.74) is 1.02. The Kier molecular flexibility index (Phi) is 5.98. The number of Topliss-reactive ketones (excluding diaryl/α,β-unsaturated/α-hetero) is 1. The topological polar surface area (TPSA) is 140 Å². The van der Waals surface area contributed by atoms with Crippen molar-refractivity contribution in [3.63, 3.8) is 0 Å². The Bertz CT molecular complexity index is 1200. The number of hydrogen-bond acceptors (Lipinski definition) is 8. The molecule has 0 radical (unpaired) electrons. The standard InChI is InChI=1S/C20H20N2O8S/c1-4-29-20(26)18-11(2)17(12(3)21-18)14(23)10-30-16(24)9-22-19(25)13-7-5-6-8-15(13)31(22,27)28/h5-8,21H,4,9-10H2,1-3H3. The summed E-state index contributed by atoms with van der Waals surface area (Å²) in [5.74, 6) is -3.10.